The zero-order chi connectivity index (χ0) is 9.97. The van der Waals surface area contributed by atoms with E-state index in [1.807, 2.05) is 24.1 Å². The second-order valence-corrected chi connectivity index (χ2v) is 3.02. The highest BCUT2D eigenvalue weighted by molar-refractivity contribution is 6.04. The predicted octanol–water partition coefficient (Wildman–Crippen LogP) is 1.04. The van der Waals surface area contributed by atoms with Crippen molar-refractivity contribution in [1.29, 1.82) is 5.26 Å². The highest BCUT2D eigenvalue weighted by Crippen LogP contribution is 2.20. The molecule has 0 saturated carbocycles. The minimum Gasteiger partial charge on any atom is -0.356 e. The molecule has 2 heterocycles. The van der Waals surface area contributed by atoms with Crippen LogP contribution in [-0.4, -0.2) is 30.1 Å². The van der Waals surface area contributed by atoms with Crippen LogP contribution in [-0.2, 0) is 4.74 Å². The largest absolute Gasteiger partial charge is 0.356 e. The van der Waals surface area contributed by atoms with E-state index in [-0.39, 0.29) is 6.23 Å². The highest BCUT2D eigenvalue weighted by atomic mass is 16.5. The molecule has 0 aromatic rings. The molecule has 0 saturated heterocycles. The normalized spacial score (nSPS) is 24.0. The molecule has 4 nitrogen and oxygen atoms in total. The molecule has 0 fully saturated rings. The van der Waals surface area contributed by atoms with Gasteiger partial charge >= 0.3 is 0 Å². The molecule has 0 radical (unpaired) electrons. The van der Waals surface area contributed by atoms with E-state index in [1.165, 1.54) is 0 Å². The fourth-order valence-corrected chi connectivity index (χ4v) is 1.58. The maximum absolute atomic E-state index is 8.85. The van der Waals surface area contributed by atoms with Crippen LogP contribution < -0.4 is 0 Å². The van der Waals surface area contributed by atoms with E-state index in [2.05, 4.69) is 11.1 Å². The third-order valence-corrected chi connectivity index (χ3v) is 2.18. The first-order chi connectivity index (χ1) is 6.86. The van der Waals surface area contributed by atoms with Gasteiger partial charge in [0.1, 0.15) is 11.9 Å². The molecule has 0 aliphatic carbocycles. The summed E-state index contributed by atoms with van der Waals surface area (Å²) in [5, 5.41) is 8.85. The Bertz CT molecular complexity index is 362. The summed E-state index contributed by atoms with van der Waals surface area (Å²) < 4.78 is 5.49. The van der Waals surface area contributed by atoms with Crippen LogP contribution in [0, 0.1) is 11.3 Å². The number of aliphatic imine (C=N–C) groups is 1. The molecule has 4 heteroatoms. The van der Waals surface area contributed by atoms with Crippen molar-refractivity contribution < 1.29 is 4.74 Å². The Kier molecular flexibility index (Phi) is 2.33. The topological polar surface area (TPSA) is 48.6 Å². The van der Waals surface area contributed by atoms with Gasteiger partial charge < -0.3 is 9.64 Å². The molecular weight excluding hydrogens is 178 g/mol. The Hall–Kier alpha value is -1.60. The number of allylic oxidation sites excluding steroid dienone is 2. The smallest absolute Gasteiger partial charge is 0.154 e. The molecule has 0 spiro atoms. The maximum Gasteiger partial charge on any atom is 0.154 e. The minimum absolute atomic E-state index is 0.0386. The lowest BCUT2D eigenvalue weighted by molar-refractivity contribution is 0.0152. The lowest BCUT2D eigenvalue weighted by Crippen LogP contribution is -2.35. The maximum atomic E-state index is 8.85. The summed E-state index contributed by atoms with van der Waals surface area (Å²) in [4.78, 5) is 6.19. The fourth-order valence-electron chi connectivity index (χ4n) is 1.58. The van der Waals surface area contributed by atoms with E-state index in [0.717, 1.165) is 5.84 Å². The first-order valence-electron chi connectivity index (χ1n) is 4.60. The van der Waals surface area contributed by atoms with Crippen molar-refractivity contribution >= 4 is 5.84 Å². The minimum atomic E-state index is -0.0386. The van der Waals surface area contributed by atoms with E-state index >= 15 is 0 Å². The fraction of sp³-hybridized carbons (Fsp3) is 0.400. The van der Waals surface area contributed by atoms with Gasteiger partial charge in [-0.15, -0.1) is 0 Å². The van der Waals surface area contributed by atoms with Gasteiger partial charge in [-0.1, -0.05) is 0 Å². The van der Waals surface area contributed by atoms with Gasteiger partial charge in [-0.2, -0.15) is 5.26 Å². The molecule has 2 rings (SSSR count). The van der Waals surface area contributed by atoms with Crippen LogP contribution in [0.2, 0.25) is 0 Å². The number of amidine groups is 1. The number of rotatable bonds is 2. The number of nitrogens with zero attached hydrogens (tertiary/aromatic N) is 3. The van der Waals surface area contributed by atoms with Crippen molar-refractivity contribution in [2.75, 3.05) is 13.2 Å². The van der Waals surface area contributed by atoms with E-state index in [9.17, 15) is 0 Å². The van der Waals surface area contributed by atoms with Crippen LogP contribution >= 0.6 is 0 Å². The molecule has 0 bridgehead atoms. The van der Waals surface area contributed by atoms with Crippen LogP contribution in [0.1, 0.15) is 6.92 Å². The molecular formula is C10H11N3O. The Morgan fingerprint density at radius 2 is 2.64 bits per heavy atom. The summed E-state index contributed by atoms with van der Waals surface area (Å²) in [6.45, 7) is 3.21. The monoisotopic (exact) mass is 189 g/mol. The van der Waals surface area contributed by atoms with E-state index in [1.54, 1.807) is 6.08 Å². The molecule has 72 valence electrons. The van der Waals surface area contributed by atoms with Crippen molar-refractivity contribution in [3.8, 4) is 6.07 Å². The average Bonchev–Trinajstić information content (AvgIpc) is 2.62. The third kappa shape index (κ3) is 1.32. The molecule has 0 N–H and O–H groups in total. The lowest BCUT2D eigenvalue weighted by atomic mass is 10.2. The Labute approximate surface area is 82.8 Å². The van der Waals surface area contributed by atoms with Crippen molar-refractivity contribution in [3.63, 3.8) is 0 Å². The average molecular weight is 189 g/mol. The second-order valence-electron chi connectivity index (χ2n) is 3.02. The molecule has 14 heavy (non-hydrogen) atoms. The van der Waals surface area contributed by atoms with Crippen LogP contribution in [0.4, 0.5) is 0 Å². The van der Waals surface area contributed by atoms with E-state index in [0.29, 0.717) is 18.7 Å². The molecule has 2 aliphatic heterocycles. The van der Waals surface area contributed by atoms with Crippen molar-refractivity contribution in [2.24, 2.45) is 4.99 Å². The number of hydrogen-bond acceptors (Lipinski definition) is 4. The summed E-state index contributed by atoms with van der Waals surface area (Å²) >= 11 is 0. The van der Waals surface area contributed by atoms with Gasteiger partial charge in [0.25, 0.3) is 0 Å². The van der Waals surface area contributed by atoms with Crippen molar-refractivity contribution in [2.45, 2.75) is 13.2 Å². The Balaban J connectivity index is 2.20. The van der Waals surface area contributed by atoms with Gasteiger partial charge in [-0.3, -0.25) is 4.99 Å². The zero-order valence-corrected chi connectivity index (χ0v) is 7.97. The van der Waals surface area contributed by atoms with Crippen LogP contribution in [0.3, 0.4) is 0 Å². The molecule has 2 aliphatic rings. The quantitative estimate of drug-likeness (QED) is 0.652. The first kappa shape index (κ1) is 8.97. The lowest BCUT2D eigenvalue weighted by Gasteiger charge is -2.25. The summed E-state index contributed by atoms with van der Waals surface area (Å²) in [5.41, 5.74) is 0.606. The van der Waals surface area contributed by atoms with Crippen molar-refractivity contribution in [3.05, 3.63) is 23.9 Å². The zero-order valence-electron chi connectivity index (χ0n) is 7.97. The van der Waals surface area contributed by atoms with Crippen LogP contribution in [0.5, 0.6) is 0 Å². The summed E-state index contributed by atoms with van der Waals surface area (Å²) in [5.74, 6) is 0.730. The van der Waals surface area contributed by atoms with Gasteiger partial charge in [-0.25, -0.2) is 0 Å². The van der Waals surface area contributed by atoms with E-state index in [4.69, 9.17) is 10.00 Å². The van der Waals surface area contributed by atoms with Gasteiger partial charge in [0.15, 0.2) is 6.23 Å². The summed E-state index contributed by atoms with van der Waals surface area (Å²) in [6, 6.07) is 2.12. The van der Waals surface area contributed by atoms with Gasteiger partial charge in [0.2, 0.25) is 0 Å². The van der Waals surface area contributed by atoms with Gasteiger partial charge in [0, 0.05) is 12.8 Å². The molecule has 0 aromatic heterocycles. The van der Waals surface area contributed by atoms with Crippen molar-refractivity contribution in [1.82, 2.24) is 4.90 Å². The van der Waals surface area contributed by atoms with Gasteiger partial charge in [-0.05, 0) is 19.1 Å². The molecule has 0 amide bonds. The number of fused-ring (bicyclic) bond motifs is 1. The number of ether oxygens (including phenoxy) is 1. The van der Waals surface area contributed by atoms with Crippen LogP contribution in [0.25, 0.3) is 0 Å². The Morgan fingerprint density at radius 1 is 1.79 bits per heavy atom. The SMILES string of the molecule is CCO[C@@H]1CN=C2C(C#N)=CC=CN21. The van der Waals surface area contributed by atoms with Crippen LogP contribution in [0.15, 0.2) is 28.9 Å². The number of hydrogen-bond donors (Lipinski definition) is 0. The Morgan fingerprint density at radius 3 is 3.36 bits per heavy atom. The molecule has 0 unspecified atom stereocenters. The predicted molar refractivity (Wildman–Crippen MR) is 52.4 cm³/mol. The number of nitriles is 1. The molecule has 1 atom stereocenters. The summed E-state index contributed by atoms with van der Waals surface area (Å²) in [7, 11) is 0. The third-order valence-electron chi connectivity index (χ3n) is 2.18. The van der Waals surface area contributed by atoms with E-state index < -0.39 is 0 Å². The van der Waals surface area contributed by atoms with Gasteiger partial charge in [0.05, 0.1) is 12.1 Å². The highest BCUT2D eigenvalue weighted by Gasteiger charge is 2.29. The second kappa shape index (κ2) is 3.64. The summed E-state index contributed by atoms with van der Waals surface area (Å²) in [6.07, 6.45) is 5.47. The standard InChI is InChI=1S/C10H11N3O/c1-2-14-9-7-12-10-8(6-11)4-3-5-13(9)10/h3-5,9H,2,7H2,1H3/t9-/m1/s1. The molecule has 0 aromatic carbocycles. The first-order valence-corrected chi connectivity index (χ1v) is 4.60.